The van der Waals surface area contributed by atoms with E-state index in [2.05, 4.69) is 21.9 Å². The predicted octanol–water partition coefficient (Wildman–Crippen LogP) is 0.190. The van der Waals surface area contributed by atoms with Crippen LogP contribution in [0.2, 0.25) is 0 Å². The van der Waals surface area contributed by atoms with Crippen LogP contribution in [0.4, 0.5) is 0 Å². The maximum Gasteiger partial charge on any atom is 0.0642 e. The molecule has 0 heterocycles. The van der Waals surface area contributed by atoms with Gasteiger partial charge in [-0.15, -0.1) is 6.42 Å². The van der Waals surface area contributed by atoms with Crippen LogP contribution in [0.25, 0.3) is 0 Å². The predicted molar refractivity (Wildman–Crippen MR) is 26.2 cm³/mol. The van der Waals surface area contributed by atoms with Crippen LogP contribution in [0.15, 0.2) is 0 Å². The average Bonchev–Trinajstić information content (AvgIpc) is 1.37. The molecule has 0 saturated carbocycles. The molecule has 0 unspecified atom stereocenters. The van der Waals surface area contributed by atoms with Gasteiger partial charge in [0, 0.05) is 0 Å². The summed E-state index contributed by atoms with van der Waals surface area (Å²) in [6.45, 7) is 0. The van der Waals surface area contributed by atoms with Crippen LogP contribution in [0.1, 0.15) is 0 Å². The summed E-state index contributed by atoms with van der Waals surface area (Å²) in [5.41, 5.74) is 0. The van der Waals surface area contributed by atoms with E-state index in [-0.39, 0.29) is 5.48 Å². The van der Waals surface area contributed by atoms with E-state index in [0.717, 1.165) is 0 Å². The molecule has 1 nitrogen and oxygen atoms in total. The van der Waals surface area contributed by atoms with Crippen molar-refractivity contribution in [3.63, 3.8) is 0 Å². The van der Waals surface area contributed by atoms with Gasteiger partial charge in [-0.3, -0.25) is 0 Å². The number of rotatable bonds is 0. The fraction of sp³-hybridized carbons (Fsp3) is 0.333. The fourth-order valence-corrected chi connectivity index (χ4v) is 0. The zero-order valence-corrected chi connectivity index (χ0v) is 4.25. The highest BCUT2D eigenvalue weighted by molar-refractivity contribution is 9.09. The summed E-state index contributed by atoms with van der Waals surface area (Å²) in [6.07, 6.45) is 4.73. The summed E-state index contributed by atoms with van der Waals surface area (Å²) >= 11 is 3.01. The van der Waals surface area contributed by atoms with Crippen LogP contribution < -0.4 is 0 Å². The van der Waals surface area contributed by atoms with Gasteiger partial charge in [0.25, 0.3) is 0 Å². The summed E-state index contributed by atoms with van der Waals surface area (Å²) in [5, 5.41) is 0.660. The summed E-state index contributed by atoms with van der Waals surface area (Å²) in [6, 6.07) is 0. The van der Waals surface area contributed by atoms with E-state index in [1.165, 1.54) is 0 Å². The Morgan fingerprint density at radius 1 is 1.80 bits per heavy atom. The van der Waals surface area contributed by atoms with E-state index >= 15 is 0 Å². The topological polar surface area (TPSA) is 31.5 Å². The van der Waals surface area contributed by atoms with E-state index < -0.39 is 0 Å². The maximum absolute atomic E-state index is 4.73. The maximum atomic E-state index is 4.73. The molecule has 0 aliphatic heterocycles. The third-order valence-corrected chi connectivity index (χ3v) is 0.401. The summed E-state index contributed by atoms with van der Waals surface area (Å²) in [5.74, 6) is 2.35. The lowest BCUT2D eigenvalue weighted by Gasteiger charge is -1.50. The van der Waals surface area contributed by atoms with Crippen molar-refractivity contribution in [2.45, 2.75) is 0 Å². The van der Waals surface area contributed by atoms with Gasteiger partial charge in [0.2, 0.25) is 0 Å². The third kappa shape index (κ3) is 16.0. The molecular weight excluding hydrogens is 132 g/mol. The standard InChI is InChI=1S/C3H3Br.H2O/c1-2-3-4;/h1H,3H2;1H2. The zero-order chi connectivity index (χ0) is 3.41. The summed E-state index contributed by atoms with van der Waals surface area (Å²) < 4.78 is 0. The molecule has 0 amide bonds. The first-order chi connectivity index (χ1) is 1.91. The largest absolute Gasteiger partial charge is 0.412 e. The molecule has 0 radical (unpaired) electrons. The Labute approximate surface area is 39.8 Å². The lowest BCUT2D eigenvalue weighted by atomic mass is 10.9. The Hall–Kier alpha value is -0.0000000000000000208. The van der Waals surface area contributed by atoms with Gasteiger partial charge in [-0.1, -0.05) is 21.9 Å². The first kappa shape index (κ1) is 8.89. The number of hydrogen-bond donors (Lipinski definition) is 0. The number of halogens is 1. The Balaban J connectivity index is 0. The van der Waals surface area contributed by atoms with Crippen molar-refractivity contribution >= 4 is 15.9 Å². The Morgan fingerprint density at radius 2 is 2.00 bits per heavy atom. The van der Waals surface area contributed by atoms with Crippen LogP contribution in [-0.2, 0) is 0 Å². The van der Waals surface area contributed by atoms with Crippen LogP contribution >= 0.6 is 15.9 Å². The number of terminal acetylenes is 1. The fourth-order valence-electron chi connectivity index (χ4n) is 0. The van der Waals surface area contributed by atoms with Crippen molar-refractivity contribution in [3.8, 4) is 12.3 Å². The van der Waals surface area contributed by atoms with E-state index in [0.29, 0.717) is 5.33 Å². The van der Waals surface area contributed by atoms with Gasteiger partial charge in [0.15, 0.2) is 0 Å². The first-order valence-electron chi connectivity index (χ1n) is 0.909. The molecule has 0 fully saturated rings. The van der Waals surface area contributed by atoms with E-state index in [9.17, 15) is 0 Å². The molecule has 0 bridgehead atoms. The SMILES string of the molecule is C#CCBr.O. The average molecular weight is 137 g/mol. The normalized spacial score (nSPS) is 4.00. The van der Waals surface area contributed by atoms with Gasteiger partial charge in [-0.2, -0.15) is 0 Å². The summed E-state index contributed by atoms with van der Waals surface area (Å²) in [7, 11) is 0. The minimum Gasteiger partial charge on any atom is -0.412 e. The third-order valence-electron chi connectivity index (χ3n) is 0.0772. The van der Waals surface area contributed by atoms with Gasteiger partial charge in [-0.05, 0) is 0 Å². The molecule has 0 rings (SSSR count). The van der Waals surface area contributed by atoms with Crippen molar-refractivity contribution in [3.05, 3.63) is 0 Å². The zero-order valence-electron chi connectivity index (χ0n) is 2.66. The van der Waals surface area contributed by atoms with Gasteiger partial charge < -0.3 is 5.48 Å². The van der Waals surface area contributed by atoms with Crippen LogP contribution in [0, 0.1) is 12.3 Å². The molecule has 0 aliphatic rings. The quantitative estimate of drug-likeness (QED) is 0.337. The monoisotopic (exact) mass is 136 g/mol. The number of alkyl halides is 1. The van der Waals surface area contributed by atoms with Gasteiger partial charge in [0.1, 0.15) is 0 Å². The summed E-state index contributed by atoms with van der Waals surface area (Å²) in [4.78, 5) is 0. The molecule has 30 valence electrons. The van der Waals surface area contributed by atoms with Crippen LogP contribution in [0.5, 0.6) is 0 Å². The van der Waals surface area contributed by atoms with Crippen molar-refractivity contribution < 1.29 is 5.48 Å². The van der Waals surface area contributed by atoms with Gasteiger partial charge in [0.05, 0.1) is 5.33 Å². The van der Waals surface area contributed by atoms with Crippen molar-refractivity contribution in [2.24, 2.45) is 0 Å². The van der Waals surface area contributed by atoms with Crippen LogP contribution in [-0.4, -0.2) is 10.8 Å². The molecule has 2 heteroatoms. The van der Waals surface area contributed by atoms with Crippen molar-refractivity contribution in [1.29, 1.82) is 0 Å². The molecule has 5 heavy (non-hydrogen) atoms. The molecular formula is C3H5BrO. The smallest absolute Gasteiger partial charge is 0.0642 e. The number of hydrogen-bond acceptors (Lipinski definition) is 0. The van der Waals surface area contributed by atoms with Crippen molar-refractivity contribution in [1.82, 2.24) is 0 Å². The van der Waals surface area contributed by atoms with Gasteiger partial charge >= 0.3 is 0 Å². The highest BCUT2D eigenvalue weighted by atomic mass is 79.9. The van der Waals surface area contributed by atoms with Crippen molar-refractivity contribution in [2.75, 3.05) is 5.33 Å². The second-order valence-electron chi connectivity index (χ2n) is 0.338. The highest BCUT2D eigenvalue weighted by Crippen LogP contribution is 1.68. The van der Waals surface area contributed by atoms with Crippen LogP contribution in [0.3, 0.4) is 0 Å². The molecule has 0 aromatic rings. The van der Waals surface area contributed by atoms with E-state index in [1.54, 1.807) is 0 Å². The second kappa shape index (κ2) is 9.00. The Morgan fingerprint density at radius 3 is 2.00 bits per heavy atom. The van der Waals surface area contributed by atoms with E-state index in [1.807, 2.05) is 0 Å². The highest BCUT2D eigenvalue weighted by Gasteiger charge is 1.46. The minimum absolute atomic E-state index is 0. The molecule has 0 spiro atoms. The Bertz CT molecular complexity index is 36.6. The molecule has 0 saturated heterocycles. The minimum atomic E-state index is 0. The molecule has 0 aromatic carbocycles. The first-order valence-corrected chi connectivity index (χ1v) is 2.03. The second-order valence-corrected chi connectivity index (χ2v) is 0.898. The molecule has 0 aliphatic carbocycles. The molecule has 0 atom stereocenters. The Kier molecular flexibility index (Phi) is 16.0. The van der Waals surface area contributed by atoms with E-state index in [4.69, 9.17) is 6.42 Å². The van der Waals surface area contributed by atoms with Gasteiger partial charge in [-0.25, -0.2) is 0 Å². The molecule has 0 aromatic heterocycles. The molecule has 2 N–H and O–H groups in total. The lowest BCUT2D eigenvalue weighted by molar-refractivity contribution is 0.824. The lowest BCUT2D eigenvalue weighted by Crippen LogP contribution is -1.45.